The predicted octanol–water partition coefficient (Wildman–Crippen LogP) is 3.03. The maximum Gasteiger partial charge on any atom is 0.282 e. The van der Waals surface area contributed by atoms with Gasteiger partial charge in [0.15, 0.2) is 0 Å². The first-order valence-corrected chi connectivity index (χ1v) is 10.8. The number of aromatic nitrogens is 2. The van der Waals surface area contributed by atoms with Crippen LogP contribution in [-0.4, -0.2) is 52.9 Å². The van der Waals surface area contributed by atoms with E-state index < -0.39 is 11.7 Å². The molecule has 2 aliphatic rings. The monoisotopic (exact) mass is 443 g/mol. The third-order valence-corrected chi connectivity index (χ3v) is 5.88. The van der Waals surface area contributed by atoms with Gasteiger partial charge in [0.1, 0.15) is 11.5 Å². The van der Waals surface area contributed by atoms with E-state index in [1.807, 2.05) is 34.9 Å². The lowest BCUT2D eigenvalue weighted by atomic mass is 10.0. The Bertz CT molecular complexity index is 1240. The van der Waals surface area contributed by atoms with Crippen LogP contribution in [-0.2, 0) is 9.59 Å². The SMILES string of the molecule is Cc1cccc(N2C(=O)C(c3ccc(F)cc3)=C(N3CCN(c4ncccn4)CC3)C2=O)c1. The minimum absolute atomic E-state index is 0.297. The molecule has 33 heavy (non-hydrogen) atoms. The molecule has 0 spiro atoms. The number of piperazine rings is 1. The van der Waals surface area contributed by atoms with E-state index in [4.69, 9.17) is 0 Å². The van der Waals surface area contributed by atoms with Crippen LogP contribution in [0.15, 0.2) is 72.7 Å². The number of benzene rings is 2. The number of hydrogen-bond acceptors (Lipinski definition) is 6. The van der Waals surface area contributed by atoms with Gasteiger partial charge < -0.3 is 9.80 Å². The van der Waals surface area contributed by atoms with Crippen LogP contribution in [0.25, 0.3) is 5.57 Å². The molecule has 8 heteroatoms. The molecule has 0 N–H and O–H groups in total. The second-order valence-corrected chi connectivity index (χ2v) is 8.04. The lowest BCUT2D eigenvalue weighted by Gasteiger charge is -2.36. The molecule has 1 aromatic heterocycles. The summed E-state index contributed by atoms with van der Waals surface area (Å²) in [6, 6.07) is 14.8. The van der Waals surface area contributed by atoms with Crippen LogP contribution in [0.3, 0.4) is 0 Å². The molecule has 2 aliphatic heterocycles. The van der Waals surface area contributed by atoms with E-state index in [2.05, 4.69) is 9.97 Å². The van der Waals surface area contributed by atoms with Crippen molar-refractivity contribution >= 4 is 29.0 Å². The topological polar surface area (TPSA) is 69.6 Å². The van der Waals surface area contributed by atoms with Gasteiger partial charge in [-0.1, -0.05) is 24.3 Å². The summed E-state index contributed by atoms with van der Waals surface area (Å²) in [5, 5.41) is 0. The van der Waals surface area contributed by atoms with Gasteiger partial charge in [-0.3, -0.25) is 9.59 Å². The summed E-state index contributed by atoms with van der Waals surface area (Å²) in [6.45, 7) is 4.18. The Morgan fingerprint density at radius 2 is 1.48 bits per heavy atom. The molecule has 0 atom stereocenters. The van der Waals surface area contributed by atoms with Gasteiger partial charge in [-0.05, 0) is 48.4 Å². The first-order valence-electron chi connectivity index (χ1n) is 10.8. The zero-order chi connectivity index (χ0) is 22.9. The molecule has 0 aliphatic carbocycles. The summed E-state index contributed by atoms with van der Waals surface area (Å²) >= 11 is 0. The number of carbonyl (C=O) groups excluding carboxylic acids is 2. The molecule has 3 aromatic rings. The average Bonchev–Trinajstić information content (AvgIpc) is 3.10. The van der Waals surface area contributed by atoms with Gasteiger partial charge in [0, 0.05) is 38.6 Å². The molecule has 1 fully saturated rings. The van der Waals surface area contributed by atoms with Crippen molar-refractivity contribution in [1.82, 2.24) is 14.9 Å². The summed E-state index contributed by atoms with van der Waals surface area (Å²) in [4.78, 5) is 41.0. The van der Waals surface area contributed by atoms with E-state index >= 15 is 0 Å². The van der Waals surface area contributed by atoms with Crippen LogP contribution >= 0.6 is 0 Å². The second kappa shape index (κ2) is 8.46. The average molecular weight is 443 g/mol. The summed E-state index contributed by atoms with van der Waals surface area (Å²) < 4.78 is 13.6. The quantitative estimate of drug-likeness (QED) is 0.578. The molecule has 1 saturated heterocycles. The number of halogens is 1. The van der Waals surface area contributed by atoms with Crippen LogP contribution in [0.4, 0.5) is 16.0 Å². The third-order valence-electron chi connectivity index (χ3n) is 5.88. The smallest absolute Gasteiger partial charge is 0.282 e. The molecule has 2 aromatic carbocycles. The Balaban J connectivity index is 1.51. The normalized spacial score (nSPS) is 16.7. The molecule has 7 nitrogen and oxygen atoms in total. The largest absolute Gasteiger partial charge is 0.363 e. The van der Waals surface area contributed by atoms with Gasteiger partial charge >= 0.3 is 0 Å². The molecular weight excluding hydrogens is 421 g/mol. The standard InChI is InChI=1S/C25H22FN5O2/c1-17-4-2-5-20(16-17)31-23(32)21(18-6-8-19(26)9-7-18)22(24(31)33)29-12-14-30(15-13-29)25-27-10-3-11-28-25/h2-11,16H,12-15H2,1H3. The van der Waals surface area contributed by atoms with E-state index in [1.54, 1.807) is 36.7 Å². The summed E-state index contributed by atoms with van der Waals surface area (Å²) in [5.41, 5.74) is 2.64. The van der Waals surface area contributed by atoms with Crippen molar-refractivity contribution < 1.29 is 14.0 Å². The number of hydrogen-bond donors (Lipinski definition) is 0. The Labute approximate surface area is 190 Å². The Hall–Kier alpha value is -4.07. The Morgan fingerprint density at radius 3 is 2.15 bits per heavy atom. The van der Waals surface area contributed by atoms with Crippen LogP contribution in [0.2, 0.25) is 0 Å². The zero-order valence-corrected chi connectivity index (χ0v) is 18.1. The highest BCUT2D eigenvalue weighted by Gasteiger charge is 2.43. The van der Waals surface area contributed by atoms with Crippen LogP contribution in [0.5, 0.6) is 0 Å². The number of aryl methyl sites for hydroxylation is 1. The van der Waals surface area contributed by atoms with Crippen LogP contribution < -0.4 is 9.80 Å². The van der Waals surface area contributed by atoms with E-state index in [0.717, 1.165) is 5.56 Å². The van der Waals surface area contributed by atoms with Crippen LogP contribution in [0.1, 0.15) is 11.1 Å². The molecular formula is C25H22FN5O2. The van der Waals surface area contributed by atoms with Gasteiger partial charge in [-0.15, -0.1) is 0 Å². The molecule has 2 amide bonds. The second-order valence-electron chi connectivity index (χ2n) is 8.04. The van der Waals surface area contributed by atoms with Crippen molar-refractivity contribution in [3.05, 3.63) is 89.6 Å². The Morgan fingerprint density at radius 1 is 0.818 bits per heavy atom. The van der Waals surface area contributed by atoms with Gasteiger partial charge in [0.05, 0.1) is 11.3 Å². The van der Waals surface area contributed by atoms with Gasteiger partial charge in [-0.2, -0.15) is 0 Å². The summed E-state index contributed by atoms with van der Waals surface area (Å²) in [6.07, 6.45) is 3.39. The van der Waals surface area contributed by atoms with Gasteiger partial charge in [-0.25, -0.2) is 19.3 Å². The number of rotatable bonds is 4. The minimum atomic E-state index is -0.402. The molecule has 0 radical (unpaired) electrons. The summed E-state index contributed by atoms with van der Waals surface area (Å²) in [7, 11) is 0. The highest BCUT2D eigenvalue weighted by Crippen LogP contribution is 2.35. The molecule has 166 valence electrons. The molecule has 0 bridgehead atoms. The van der Waals surface area contributed by atoms with Crippen molar-refractivity contribution in [2.75, 3.05) is 36.0 Å². The van der Waals surface area contributed by atoms with Gasteiger partial charge in [0.25, 0.3) is 11.8 Å². The molecule has 5 rings (SSSR count). The van der Waals surface area contributed by atoms with Crippen molar-refractivity contribution in [3.63, 3.8) is 0 Å². The van der Waals surface area contributed by atoms with E-state index in [1.165, 1.54) is 17.0 Å². The molecule has 3 heterocycles. The highest BCUT2D eigenvalue weighted by atomic mass is 19.1. The summed E-state index contributed by atoms with van der Waals surface area (Å²) in [5.74, 6) is -0.528. The number of nitrogens with zero attached hydrogens (tertiary/aromatic N) is 5. The minimum Gasteiger partial charge on any atom is -0.363 e. The zero-order valence-electron chi connectivity index (χ0n) is 18.1. The predicted molar refractivity (Wildman–Crippen MR) is 123 cm³/mol. The van der Waals surface area contributed by atoms with Crippen molar-refractivity contribution in [1.29, 1.82) is 0 Å². The first kappa shape index (κ1) is 20.8. The lowest BCUT2D eigenvalue weighted by molar-refractivity contribution is -0.120. The van der Waals surface area contributed by atoms with Crippen molar-refractivity contribution in [2.24, 2.45) is 0 Å². The maximum atomic E-state index is 13.6. The first-order chi connectivity index (χ1) is 16.0. The van der Waals surface area contributed by atoms with Gasteiger partial charge in [0.2, 0.25) is 5.95 Å². The number of carbonyl (C=O) groups is 2. The fraction of sp³-hybridized carbons (Fsp3) is 0.200. The Kier molecular flexibility index (Phi) is 5.34. The van der Waals surface area contributed by atoms with E-state index in [0.29, 0.717) is 54.6 Å². The van der Waals surface area contributed by atoms with E-state index in [9.17, 15) is 14.0 Å². The highest BCUT2D eigenvalue weighted by molar-refractivity contribution is 6.45. The fourth-order valence-corrected chi connectivity index (χ4v) is 4.27. The molecule has 0 saturated carbocycles. The van der Waals surface area contributed by atoms with Crippen molar-refractivity contribution in [3.8, 4) is 0 Å². The number of imide groups is 1. The van der Waals surface area contributed by atoms with E-state index in [-0.39, 0.29) is 5.91 Å². The molecule has 0 unspecified atom stereocenters. The fourth-order valence-electron chi connectivity index (χ4n) is 4.27. The van der Waals surface area contributed by atoms with Crippen molar-refractivity contribution in [2.45, 2.75) is 6.92 Å². The number of amides is 2. The maximum absolute atomic E-state index is 13.6. The number of anilines is 2. The third kappa shape index (κ3) is 3.84. The lowest BCUT2D eigenvalue weighted by Crippen LogP contribution is -2.48. The van der Waals surface area contributed by atoms with Crippen LogP contribution in [0, 0.1) is 12.7 Å².